The second kappa shape index (κ2) is 5.52. The number of rotatable bonds is 2. The van der Waals surface area contributed by atoms with Gasteiger partial charge in [0.15, 0.2) is 11.1 Å². The molecule has 0 aliphatic heterocycles. The molecule has 0 N–H and O–H groups in total. The number of fused-ring (bicyclic) bond motifs is 1. The van der Waals surface area contributed by atoms with E-state index in [1.54, 1.807) is 24.3 Å². The summed E-state index contributed by atoms with van der Waals surface area (Å²) in [7, 11) is 1.26. The van der Waals surface area contributed by atoms with Gasteiger partial charge in [0.25, 0.3) is 0 Å². The van der Waals surface area contributed by atoms with E-state index in [2.05, 4.69) is 14.7 Å². The number of carbonyl (C=O) groups excluding carboxylic acids is 1. The highest BCUT2D eigenvalue weighted by atomic mass is 35.5. The van der Waals surface area contributed by atoms with Crippen molar-refractivity contribution in [3.8, 4) is 12.1 Å². The van der Waals surface area contributed by atoms with Crippen LogP contribution in [0.4, 0.5) is 0 Å². The number of halogens is 1. The Hall–Kier alpha value is -2.70. The Morgan fingerprint density at radius 1 is 1.35 bits per heavy atom. The topological polar surface area (TPSA) is 99.7 Å². The standard InChI is InChI=1S/C13H7ClN4O2/c1-20-13(19)8-3-2-4-9-11(8)18-12(14)10(17-9)7(5-15)6-16/h2-4,7H,1H3. The Morgan fingerprint density at radius 3 is 2.65 bits per heavy atom. The van der Waals surface area contributed by atoms with Crippen LogP contribution in [0, 0.1) is 22.7 Å². The van der Waals surface area contributed by atoms with Crippen LogP contribution in [-0.2, 0) is 4.74 Å². The SMILES string of the molecule is COC(=O)c1cccc2nc(C(C#N)C#N)c(Cl)nc12. The molecule has 1 aromatic carbocycles. The predicted molar refractivity (Wildman–Crippen MR) is 69.9 cm³/mol. The molecule has 7 heteroatoms. The van der Waals surface area contributed by atoms with E-state index >= 15 is 0 Å². The molecule has 0 spiro atoms. The zero-order valence-electron chi connectivity index (χ0n) is 10.3. The largest absolute Gasteiger partial charge is 0.465 e. The zero-order chi connectivity index (χ0) is 14.7. The second-order valence-electron chi connectivity index (χ2n) is 3.76. The predicted octanol–water partition coefficient (Wildman–Crippen LogP) is 2.20. The molecule has 0 aliphatic carbocycles. The van der Waals surface area contributed by atoms with E-state index in [-0.39, 0.29) is 21.9 Å². The summed E-state index contributed by atoms with van der Waals surface area (Å²) in [6.45, 7) is 0. The smallest absolute Gasteiger partial charge is 0.340 e. The Bertz CT molecular complexity index is 762. The van der Waals surface area contributed by atoms with Crippen molar-refractivity contribution in [2.24, 2.45) is 0 Å². The van der Waals surface area contributed by atoms with Gasteiger partial charge in [-0.15, -0.1) is 0 Å². The fourth-order valence-electron chi connectivity index (χ4n) is 1.68. The van der Waals surface area contributed by atoms with E-state index in [1.165, 1.54) is 13.2 Å². The number of aromatic nitrogens is 2. The average Bonchev–Trinajstić information content (AvgIpc) is 2.47. The van der Waals surface area contributed by atoms with Crippen molar-refractivity contribution in [3.63, 3.8) is 0 Å². The van der Waals surface area contributed by atoms with Crippen LogP contribution in [0.3, 0.4) is 0 Å². The van der Waals surface area contributed by atoms with E-state index < -0.39 is 11.9 Å². The maximum absolute atomic E-state index is 11.6. The maximum Gasteiger partial charge on any atom is 0.340 e. The molecule has 6 nitrogen and oxygen atoms in total. The van der Waals surface area contributed by atoms with Gasteiger partial charge in [-0.05, 0) is 12.1 Å². The first kappa shape index (κ1) is 13.7. The molecule has 0 radical (unpaired) electrons. The number of hydrogen-bond donors (Lipinski definition) is 0. The molecule has 2 aromatic rings. The Morgan fingerprint density at radius 2 is 2.05 bits per heavy atom. The van der Waals surface area contributed by atoms with Crippen LogP contribution in [0.1, 0.15) is 22.0 Å². The second-order valence-corrected chi connectivity index (χ2v) is 4.11. The summed E-state index contributed by atoms with van der Waals surface area (Å²) in [5, 5.41) is 17.7. The first-order chi connectivity index (χ1) is 9.62. The number of methoxy groups -OCH3 is 1. The summed E-state index contributed by atoms with van der Waals surface area (Å²) >= 11 is 5.95. The molecule has 0 aliphatic rings. The third-order valence-corrected chi connectivity index (χ3v) is 2.89. The Balaban J connectivity index is 2.72. The molecule has 0 atom stereocenters. The molecule has 0 fully saturated rings. The molecule has 1 heterocycles. The van der Waals surface area contributed by atoms with Crippen LogP contribution in [0.15, 0.2) is 18.2 Å². The van der Waals surface area contributed by atoms with Crippen molar-refractivity contribution < 1.29 is 9.53 Å². The molecule has 0 saturated carbocycles. The molecular weight excluding hydrogens is 280 g/mol. The average molecular weight is 287 g/mol. The lowest BCUT2D eigenvalue weighted by atomic mass is 10.1. The number of nitriles is 2. The van der Waals surface area contributed by atoms with Gasteiger partial charge in [-0.2, -0.15) is 10.5 Å². The highest BCUT2D eigenvalue weighted by Gasteiger charge is 2.20. The van der Waals surface area contributed by atoms with Gasteiger partial charge in [0.05, 0.1) is 30.3 Å². The van der Waals surface area contributed by atoms with Crippen molar-refractivity contribution >= 4 is 28.6 Å². The quantitative estimate of drug-likeness (QED) is 0.785. The van der Waals surface area contributed by atoms with Gasteiger partial charge in [-0.3, -0.25) is 0 Å². The maximum atomic E-state index is 11.6. The number of hydrogen-bond acceptors (Lipinski definition) is 6. The summed E-state index contributed by atoms with van der Waals surface area (Å²) in [6, 6.07) is 8.31. The summed E-state index contributed by atoms with van der Waals surface area (Å²) in [4.78, 5) is 19.8. The molecule has 20 heavy (non-hydrogen) atoms. The Labute approximate surface area is 119 Å². The van der Waals surface area contributed by atoms with Crippen molar-refractivity contribution in [1.29, 1.82) is 10.5 Å². The number of esters is 1. The van der Waals surface area contributed by atoms with Crippen molar-refractivity contribution in [1.82, 2.24) is 9.97 Å². The summed E-state index contributed by atoms with van der Waals surface area (Å²) < 4.78 is 4.65. The number of nitrogens with zero attached hydrogens (tertiary/aromatic N) is 4. The van der Waals surface area contributed by atoms with Gasteiger partial charge in [0, 0.05) is 0 Å². The number of para-hydroxylation sites is 1. The van der Waals surface area contributed by atoms with Crippen molar-refractivity contribution in [2.45, 2.75) is 5.92 Å². The lowest BCUT2D eigenvalue weighted by molar-refractivity contribution is 0.0602. The van der Waals surface area contributed by atoms with Crippen molar-refractivity contribution in [3.05, 3.63) is 34.6 Å². The van der Waals surface area contributed by atoms with E-state index in [9.17, 15) is 4.79 Å². The molecule has 0 saturated heterocycles. The lowest BCUT2D eigenvalue weighted by Gasteiger charge is -2.07. The fourth-order valence-corrected chi connectivity index (χ4v) is 1.92. The van der Waals surface area contributed by atoms with Crippen LogP contribution in [-0.4, -0.2) is 23.0 Å². The summed E-state index contributed by atoms with van der Waals surface area (Å²) in [5.41, 5.74) is 0.924. The molecule has 0 unspecified atom stereocenters. The van der Waals surface area contributed by atoms with Gasteiger partial charge >= 0.3 is 5.97 Å². The van der Waals surface area contributed by atoms with Gasteiger partial charge in [0.1, 0.15) is 11.2 Å². The minimum Gasteiger partial charge on any atom is -0.465 e. The van der Waals surface area contributed by atoms with E-state index in [0.29, 0.717) is 5.52 Å². The molecule has 1 aromatic heterocycles. The fraction of sp³-hybridized carbons (Fsp3) is 0.154. The minimum atomic E-state index is -1.11. The lowest BCUT2D eigenvalue weighted by Crippen LogP contribution is -2.06. The highest BCUT2D eigenvalue weighted by molar-refractivity contribution is 6.30. The molecule has 0 bridgehead atoms. The van der Waals surface area contributed by atoms with Crippen LogP contribution >= 0.6 is 11.6 Å². The normalized spacial score (nSPS) is 10.1. The van der Waals surface area contributed by atoms with Gasteiger partial charge in [-0.25, -0.2) is 14.8 Å². The Kier molecular flexibility index (Phi) is 3.79. The van der Waals surface area contributed by atoms with Gasteiger partial charge in [0.2, 0.25) is 0 Å². The number of ether oxygens (including phenoxy) is 1. The van der Waals surface area contributed by atoms with Crippen LogP contribution in [0.25, 0.3) is 11.0 Å². The molecule has 98 valence electrons. The molecular formula is C13H7ClN4O2. The van der Waals surface area contributed by atoms with Crippen molar-refractivity contribution in [2.75, 3.05) is 7.11 Å². The monoisotopic (exact) mass is 286 g/mol. The number of carbonyl (C=O) groups is 1. The van der Waals surface area contributed by atoms with Crippen LogP contribution < -0.4 is 0 Å². The summed E-state index contributed by atoms with van der Waals surface area (Å²) in [6.07, 6.45) is 0. The minimum absolute atomic E-state index is 0.0752. The highest BCUT2D eigenvalue weighted by Crippen LogP contribution is 2.25. The van der Waals surface area contributed by atoms with E-state index in [1.807, 2.05) is 0 Å². The van der Waals surface area contributed by atoms with E-state index in [4.69, 9.17) is 22.1 Å². The zero-order valence-corrected chi connectivity index (χ0v) is 11.0. The summed E-state index contributed by atoms with van der Waals surface area (Å²) in [5.74, 6) is -1.67. The first-order valence-electron chi connectivity index (χ1n) is 5.46. The number of benzene rings is 1. The first-order valence-corrected chi connectivity index (χ1v) is 5.84. The third-order valence-electron chi connectivity index (χ3n) is 2.61. The molecule has 2 rings (SSSR count). The molecule has 0 amide bonds. The van der Waals surface area contributed by atoms with Gasteiger partial charge < -0.3 is 4.74 Å². The van der Waals surface area contributed by atoms with E-state index in [0.717, 1.165) is 0 Å². The van der Waals surface area contributed by atoms with Crippen LogP contribution in [0.5, 0.6) is 0 Å². The van der Waals surface area contributed by atoms with Gasteiger partial charge in [-0.1, -0.05) is 17.7 Å². The third kappa shape index (κ3) is 2.25. The van der Waals surface area contributed by atoms with Crippen LogP contribution in [0.2, 0.25) is 5.15 Å².